The largest absolute Gasteiger partial charge is 0.479 e. The van der Waals surface area contributed by atoms with Crippen molar-refractivity contribution in [2.45, 2.75) is 13.0 Å². The second-order valence-electron chi connectivity index (χ2n) is 5.74. The summed E-state index contributed by atoms with van der Waals surface area (Å²) in [6.45, 7) is 1.45. The lowest BCUT2D eigenvalue weighted by molar-refractivity contribution is -0.144. The minimum absolute atomic E-state index is 0.253. The molecule has 0 aliphatic carbocycles. The van der Waals surface area contributed by atoms with Crippen LogP contribution >= 0.6 is 39.3 Å². The number of aliphatic imine (C=N–C) groups is 1. The highest BCUT2D eigenvalue weighted by molar-refractivity contribution is 9.10. The molecule has 1 heterocycles. The van der Waals surface area contributed by atoms with Crippen LogP contribution in [-0.2, 0) is 9.59 Å². The van der Waals surface area contributed by atoms with Gasteiger partial charge in [0.05, 0.1) is 15.6 Å². The average Bonchev–Trinajstić information content (AvgIpc) is 2.98. The minimum Gasteiger partial charge on any atom is -0.479 e. The van der Waals surface area contributed by atoms with Gasteiger partial charge in [0.25, 0.3) is 5.91 Å². The molecule has 0 spiro atoms. The van der Waals surface area contributed by atoms with Gasteiger partial charge in [-0.3, -0.25) is 4.79 Å². The zero-order valence-electron chi connectivity index (χ0n) is 14.5. The van der Waals surface area contributed by atoms with Crippen LogP contribution in [0.5, 0.6) is 5.75 Å². The average molecular weight is 482 g/mol. The maximum atomic E-state index is 12.2. The predicted molar refractivity (Wildman–Crippen MR) is 114 cm³/mol. The molecule has 0 radical (unpaired) electrons. The predicted octanol–water partition coefficient (Wildman–Crippen LogP) is 4.85. The first kappa shape index (κ1) is 20.4. The van der Waals surface area contributed by atoms with E-state index < -0.39 is 12.1 Å². The van der Waals surface area contributed by atoms with Crippen LogP contribution in [0.1, 0.15) is 12.5 Å². The molecule has 1 aliphatic rings. The molecule has 1 fully saturated rings. The van der Waals surface area contributed by atoms with E-state index in [9.17, 15) is 9.59 Å². The molecule has 1 saturated heterocycles. The van der Waals surface area contributed by atoms with E-state index in [2.05, 4.69) is 26.2 Å². The summed E-state index contributed by atoms with van der Waals surface area (Å²) in [6, 6.07) is 12.1. The molecule has 2 N–H and O–H groups in total. The van der Waals surface area contributed by atoms with E-state index in [0.717, 1.165) is 10.0 Å². The second-order valence-corrected chi connectivity index (χ2v) is 8.10. The second kappa shape index (κ2) is 8.81. The lowest BCUT2D eigenvalue weighted by atomic mass is 10.2. The van der Waals surface area contributed by atoms with E-state index in [-0.39, 0.29) is 5.91 Å². The molecule has 9 heteroatoms. The summed E-state index contributed by atoms with van der Waals surface area (Å²) in [4.78, 5) is 27.9. The number of amidine groups is 1. The Morgan fingerprint density at radius 1 is 1.32 bits per heavy atom. The van der Waals surface area contributed by atoms with Crippen molar-refractivity contribution in [1.29, 1.82) is 0 Å². The molecular formula is C19H14BrClN2O4S. The molecule has 6 nitrogen and oxygen atoms in total. The van der Waals surface area contributed by atoms with Gasteiger partial charge >= 0.3 is 5.97 Å². The van der Waals surface area contributed by atoms with Crippen LogP contribution < -0.4 is 10.1 Å². The van der Waals surface area contributed by atoms with Gasteiger partial charge in [-0.25, -0.2) is 9.79 Å². The van der Waals surface area contributed by atoms with Crippen LogP contribution in [-0.4, -0.2) is 28.3 Å². The van der Waals surface area contributed by atoms with Gasteiger partial charge in [-0.2, -0.15) is 0 Å². The van der Waals surface area contributed by atoms with Crippen LogP contribution in [0, 0.1) is 0 Å². The van der Waals surface area contributed by atoms with E-state index in [1.165, 1.54) is 18.7 Å². The van der Waals surface area contributed by atoms with Crippen molar-refractivity contribution in [2.24, 2.45) is 4.99 Å². The SMILES string of the molecule is CC(Oc1ccc(/C=C2/SC(=Nc3ccc(Br)cc3Cl)NC2=O)cc1)C(=O)O. The number of nitrogens with zero attached hydrogens (tertiary/aromatic N) is 1. The number of hydrogen-bond donors (Lipinski definition) is 2. The van der Waals surface area contributed by atoms with Gasteiger partial charge in [0.2, 0.25) is 0 Å². The number of aliphatic carboxylic acids is 1. The molecule has 3 rings (SSSR count). The van der Waals surface area contributed by atoms with Crippen LogP contribution in [0.4, 0.5) is 5.69 Å². The molecule has 144 valence electrons. The number of nitrogens with one attached hydrogen (secondary N) is 1. The summed E-state index contributed by atoms with van der Waals surface area (Å²) in [5.41, 5.74) is 1.33. The fourth-order valence-corrected chi connectivity index (χ4v) is 3.76. The first-order valence-corrected chi connectivity index (χ1v) is 10.0. The molecular weight excluding hydrogens is 468 g/mol. The quantitative estimate of drug-likeness (QED) is 0.596. The van der Waals surface area contributed by atoms with Gasteiger partial charge in [0.15, 0.2) is 11.3 Å². The summed E-state index contributed by atoms with van der Waals surface area (Å²) in [5, 5.41) is 12.5. The third kappa shape index (κ3) is 5.15. The highest BCUT2D eigenvalue weighted by Crippen LogP contribution is 2.32. The van der Waals surface area contributed by atoms with E-state index in [0.29, 0.717) is 26.5 Å². The number of hydrogen-bond acceptors (Lipinski definition) is 5. The van der Waals surface area contributed by atoms with E-state index >= 15 is 0 Å². The van der Waals surface area contributed by atoms with Gasteiger partial charge in [-0.05, 0) is 60.7 Å². The minimum atomic E-state index is -1.04. The van der Waals surface area contributed by atoms with Gasteiger partial charge in [0, 0.05) is 4.47 Å². The van der Waals surface area contributed by atoms with Crippen molar-refractivity contribution in [2.75, 3.05) is 0 Å². The molecule has 1 aliphatic heterocycles. The molecule has 0 aromatic heterocycles. The number of carbonyl (C=O) groups excluding carboxylic acids is 1. The van der Waals surface area contributed by atoms with Crippen LogP contribution in [0.3, 0.4) is 0 Å². The number of thioether (sulfide) groups is 1. The van der Waals surface area contributed by atoms with E-state index in [1.54, 1.807) is 42.5 Å². The molecule has 0 bridgehead atoms. The van der Waals surface area contributed by atoms with E-state index in [4.69, 9.17) is 21.4 Å². The highest BCUT2D eigenvalue weighted by Gasteiger charge is 2.24. The number of halogens is 2. The Morgan fingerprint density at radius 2 is 2.04 bits per heavy atom. The lowest BCUT2D eigenvalue weighted by Crippen LogP contribution is -2.22. The number of rotatable bonds is 5. The van der Waals surface area contributed by atoms with Gasteiger partial charge in [-0.15, -0.1) is 0 Å². The Kier molecular flexibility index (Phi) is 6.43. The maximum Gasteiger partial charge on any atom is 0.344 e. The lowest BCUT2D eigenvalue weighted by Gasteiger charge is -2.10. The Morgan fingerprint density at radius 3 is 2.68 bits per heavy atom. The van der Waals surface area contributed by atoms with Gasteiger partial charge < -0.3 is 15.2 Å². The van der Waals surface area contributed by atoms with Crippen molar-refractivity contribution >= 4 is 68.1 Å². The van der Waals surface area contributed by atoms with Gasteiger partial charge in [-0.1, -0.05) is 39.7 Å². The zero-order valence-corrected chi connectivity index (χ0v) is 17.6. The van der Waals surface area contributed by atoms with Crippen molar-refractivity contribution in [3.63, 3.8) is 0 Å². The van der Waals surface area contributed by atoms with Crippen molar-refractivity contribution in [3.05, 3.63) is 62.4 Å². The van der Waals surface area contributed by atoms with Crippen LogP contribution in [0.15, 0.2) is 56.8 Å². The molecule has 2 aromatic rings. The number of benzene rings is 2. The molecule has 1 unspecified atom stereocenters. The van der Waals surface area contributed by atoms with Gasteiger partial charge in [0.1, 0.15) is 5.75 Å². The van der Waals surface area contributed by atoms with Crippen molar-refractivity contribution in [3.8, 4) is 5.75 Å². The smallest absolute Gasteiger partial charge is 0.344 e. The normalized spacial score (nSPS) is 17.6. The molecule has 28 heavy (non-hydrogen) atoms. The first-order valence-electron chi connectivity index (χ1n) is 8.06. The Hall–Kier alpha value is -2.29. The molecule has 0 saturated carbocycles. The van der Waals surface area contributed by atoms with E-state index in [1.807, 2.05) is 6.07 Å². The number of carbonyl (C=O) groups is 2. The standard InChI is InChI=1S/C19H14BrClN2O4S/c1-10(18(25)26)27-13-5-2-11(3-6-13)8-16-17(24)23-19(28-16)22-15-7-4-12(20)9-14(15)21/h2-10H,1H3,(H,25,26)(H,22,23,24)/b16-8+. The number of amides is 1. The third-order valence-electron chi connectivity index (χ3n) is 3.62. The first-order chi connectivity index (χ1) is 13.3. The summed E-state index contributed by atoms with van der Waals surface area (Å²) in [7, 11) is 0. The van der Waals surface area contributed by atoms with Crippen LogP contribution in [0.2, 0.25) is 5.02 Å². The topological polar surface area (TPSA) is 88.0 Å². The monoisotopic (exact) mass is 480 g/mol. The van der Waals surface area contributed by atoms with Crippen molar-refractivity contribution < 1.29 is 19.4 Å². The summed E-state index contributed by atoms with van der Waals surface area (Å²) < 4.78 is 6.13. The Bertz CT molecular complexity index is 992. The van der Waals surface area contributed by atoms with Crippen LogP contribution in [0.25, 0.3) is 6.08 Å². The summed E-state index contributed by atoms with van der Waals surface area (Å²) >= 11 is 10.7. The fraction of sp³-hybridized carbons (Fsp3) is 0.105. The maximum absolute atomic E-state index is 12.2. The summed E-state index contributed by atoms with van der Waals surface area (Å²) in [6.07, 6.45) is 0.778. The zero-order chi connectivity index (χ0) is 20.3. The number of carboxylic acids is 1. The highest BCUT2D eigenvalue weighted by atomic mass is 79.9. The Balaban J connectivity index is 1.73. The fourth-order valence-electron chi connectivity index (χ4n) is 2.21. The number of carboxylic acid groups (broad SMARTS) is 1. The van der Waals surface area contributed by atoms with Crippen molar-refractivity contribution in [1.82, 2.24) is 5.32 Å². The molecule has 2 aromatic carbocycles. The third-order valence-corrected chi connectivity index (χ3v) is 5.33. The summed E-state index contributed by atoms with van der Waals surface area (Å²) in [5.74, 6) is -0.854. The Labute approximate surface area is 178 Å². The number of ether oxygens (including phenoxy) is 1. The molecule has 1 atom stereocenters. The molecule has 1 amide bonds.